The fourth-order valence-corrected chi connectivity index (χ4v) is 8.63. The van der Waals surface area contributed by atoms with Crippen molar-refractivity contribution in [3.63, 3.8) is 0 Å². The molecule has 4 aliphatic heterocycles. The van der Waals surface area contributed by atoms with Crippen molar-refractivity contribution in [1.29, 1.82) is 0 Å². The van der Waals surface area contributed by atoms with Crippen molar-refractivity contribution in [3.8, 4) is 23.0 Å². The molecule has 4 heterocycles. The van der Waals surface area contributed by atoms with E-state index in [1.165, 1.54) is 11.1 Å². The van der Waals surface area contributed by atoms with Crippen LogP contribution < -0.4 is 18.9 Å². The maximum Gasteiger partial charge on any atom is 0.335 e. The molecule has 4 atom stereocenters. The van der Waals surface area contributed by atoms with Gasteiger partial charge in [0.1, 0.15) is 0 Å². The van der Waals surface area contributed by atoms with E-state index >= 15 is 0 Å². The number of likely N-dealkylation sites (N-methyl/N-ethyl adjacent to an activating group) is 2. The first kappa shape index (κ1) is 58.0. The molecule has 18 heteroatoms. The number of fused-ring (bicyclic) bond motifs is 6. The highest BCUT2D eigenvalue weighted by molar-refractivity contribution is 6.16. The Labute approximate surface area is 412 Å². The molecule has 2 fully saturated rings. The average Bonchev–Trinajstić information content (AvgIpc) is 3.23. The monoisotopic (exact) mass is 1000 g/mol. The number of carboxylic acids is 2. The normalized spacial score (nSPS) is 19.0. The number of halogens is 6. The van der Waals surface area contributed by atoms with Crippen LogP contribution >= 0.6 is 74.4 Å². The number of benzene rings is 4. The van der Waals surface area contributed by atoms with Gasteiger partial charge in [0.25, 0.3) is 0 Å². The number of aromatic carboxylic acids is 2. The third-order valence-corrected chi connectivity index (χ3v) is 11.5. The van der Waals surface area contributed by atoms with Gasteiger partial charge in [0.05, 0.1) is 62.1 Å². The fraction of sp³-hybridized carbons (Fsp3) is 0.391. The van der Waals surface area contributed by atoms with Gasteiger partial charge in [0.15, 0.2) is 23.0 Å². The lowest BCUT2D eigenvalue weighted by Gasteiger charge is -2.39. The molecule has 0 radical (unpaired) electrons. The van der Waals surface area contributed by atoms with Crippen LogP contribution in [0.25, 0.3) is 0 Å². The average molecular weight is 1010 g/mol. The Morgan fingerprint density at radius 3 is 1.22 bits per heavy atom. The van der Waals surface area contributed by atoms with Gasteiger partial charge in [-0.3, -0.25) is 9.98 Å². The molecule has 352 valence electrons. The summed E-state index contributed by atoms with van der Waals surface area (Å²) in [6.45, 7) is 9.00. The summed E-state index contributed by atoms with van der Waals surface area (Å²) in [5.74, 6) is 1.62. The van der Waals surface area contributed by atoms with Crippen LogP contribution in [0.15, 0.2) is 82.8 Å². The van der Waals surface area contributed by atoms with E-state index in [2.05, 4.69) is 36.0 Å². The lowest BCUT2D eigenvalue weighted by molar-refractivity contribution is 0.0686. The lowest BCUT2D eigenvalue weighted by atomic mass is 9.79. The van der Waals surface area contributed by atoms with Crippen molar-refractivity contribution in [2.24, 2.45) is 9.98 Å². The zero-order valence-corrected chi connectivity index (χ0v) is 41.4. The van der Waals surface area contributed by atoms with E-state index in [0.29, 0.717) is 36.5 Å². The largest absolute Gasteiger partial charge is 0.493 e. The van der Waals surface area contributed by atoms with E-state index in [9.17, 15) is 19.8 Å². The first-order valence-corrected chi connectivity index (χ1v) is 19.9. The fourth-order valence-electron chi connectivity index (χ4n) is 8.63. The van der Waals surface area contributed by atoms with E-state index in [-0.39, 0.29) is 97.7 Å². The Balaban J connectivity index is 0.000000585. The Morgan fingerprint density at radius 2 is 0.922 bits per heavy atom. The number of carboxylic acid groups (broad SMARTS) is 2. The van der Waals surface area contributed by atoms with Gasteiger partial charge in [-0.25, -0.2) is 9.59 Å². The van der Waals surface area contributed by atoms with Crippen LogP contribution in [0.2, 0.25) is 0 Å². The van der Waals surface area contributed by atoms with E-state index in [1.54, 1.807) is 38.5 Å². The van der Waals surface area contributed by atoms with Crippen LogP contribution in [0.3, 0.4) is 0 Å². The number of hydrogen-bond donors (Lipinski definition) is 2. The molecule has 0 spiro atoms. The Morgan fingerprint density at radius 1 is 0.578 bits per heavy atom. The molecular formula is C46H58Cl6N4O8. The van der Waals surface area contributed by atoms with Crippen molar-refractivity contribution in [3.05, 3.63) is 117 Å². The number of methoxy groups -OCH3 is 2. The predicted octanol–water partition coefficient (Wildman–Crippen LogP) is 9.39. The Hall–Kier alpha value is -3.98. The van der Waals surface area contributed by atoms with Gasteiger partial charge >= 0.3 is 11.9 Å². The minimum Gasteiger partial charge on any atom is -0.493 e. The first-order chi connectivity index (χ1) is 28.0. The van der Waals surface area contributed by atoms with Gasteiger partial charge in [-0.2, -0.15) is 0 Å². The molecule has 0 bridgehead atoms. The molecule has 0 amide bonds. The number of nitrogens with zero attached hydrogens (tertiary/aromatic N) is 4. The standard InChI is InChI=1S/2C23H26N2O4.6ClH/c2*1-4-29-21-11-16-17(12-20(21)28-3)22(14-5-7-15(8-6-14)23(26)27)24-19-9-10-25(2)13-18(16)19;;;;;;/h2*5-8,11-12,18-19H,4,9-10,13H2,1-3H3,(H,26,27);6*1H/t2*18-,19-;;;;;;/m11....../s1. The summed E-state index contributed by atoms with van der Waals surface area (Å²) in [4.78, 5) is 37.4. The predicted molar refractivity (Wildman–Crippen MR) is 267 cm³/mol. The molecule has 8 rings (SSSR count). The minimum atomic E-state index is -0.930. The summed E-state index contributed by atoms with van der Waals surface area (Å²) < 4.78 is 22.9. The highest BCUT2D eigenvalue weighted by atomic mass is 35.5. The van der Waals surface area contributed by atoms with Crippen molar-refractivity contribution in [2.75, 3.05) is 67.7 Å². The number of piperidine rings is 2. The highest BCUT2D eigenvalue weighted by Gasteiger charge is 2.38. The van der Waals surface area contributed by atoms with Crippen LogP contribution in [0.5, 0.6) is 23.0 Å². The van der Waals surface area contributed by atoms with Crippen LogP contribution in [-0.2, 0) is 0 Å². The van der Waals surface area contributed by atoms with E-state index in [4.69, 9.17) is 28.9 Å². The van der Waals surface area contributed by atoms with Crippen molar-refractivity contribution < 1.29 is 38.7 Å². The number of aliphatic imine (C=N–C) groups is 2. The smallest absolute Gasteiger partial charge is 0.335 e. The zero-order chi connectivity index (χ0) is 41.1. The highest BCUT2D eigenvalue weighted by Crippen LogP contribution is 2.44. The Kier molecular flexibility index (Phi) is 23.3. The van der Waals surface area contributed by atoms with Gasteiger partial charge in [-0.15, -0.1) is 74.4 Å². The van der Waals surface area contributed by atoms with Gasteiger partial charge < -0.3 is 39.0 Å². The second kappa shape index (κ2) is 25.6. The minimum absolute atomic E-state index is 0. The number of carbonyl (C=O) groups is 2. The summed E-state index contributed by atoms with van der Waals surface area (Å²) >= 11 is 0. The molecule has 2 N–H and O–H groups in total. The molecule has 2 saturated heterocycles. The van der Waals surface area contributed by atoms with E-state index < -0.39 is 11.9 Å². The summed E-state index contributed by atoms with van der Waals surface area (Å²) in [5.41, 5.74) is 8.66. The maximum absolute atomic E-state index is 11.2. The number of likely N-dealkylation sites (tertiary alicyclic amines) is 2. The summed E-state index contributed by atoms with van der Waals surface area (Å²) in [7, 11) is 7.57. The Bertz CT molecular complexity index is 2090. The van der Waals surface area contributed by atoms with Crippen molar-refractivity contribution >= 4 is 97.8 Å². The number of rotatable bonds is 10. The second-order valence-corrected chi connectivity index (χ2v) is 15.2. The quantitative estimate of drug-likeness (QED) is 0.158. The maximum atomic E-state index is 11.2. The van der Waals surface area contributed by atoms with Gasteiger partial charge in [-0.1, -0.05) is 24.3 Å². The molecule has 0 saturated carbocycles. The summed E-state index contributed by atoms with van der Waals surface area (Å²) in [6.07, 6.45) is 1.99. The van der Waals surface area contributed by atoms with Crippen LogP contribution in [0.4, 0.5) is 0 Å². The molecule has 0 aromatic heterocycles. The van der Waals surface area contributed by atoms with Crippen LogP contribution in [0, 0.1) is 0 Å². The van der Waals surface area contributed by atoms with Crippen molar-refractivity contribution in [2.45, 2.75) is 50.6 Å². The number of ether oxygens (including phenoxy) is 4. The second-order valence-electron chi connectivity index (χ2n) is 15.2. The summed E-state index contributed by atoms with van der Waals surface area (Å²) in [6, 6.07) is 22.5. The molecule has 4 aromatic rings. The molecule has 12 nitrogen and oxygen atoms in total. The third-order valence-electron chi connectivity index (χ3n) is 11.5. The molecule has 4 aliphatic rings. The molecule has 64 heavy (non-hydrogen) atoms. The summed E-state index contributed by atoms with van der Waals surface area (Å²) in [5, 5.41) is 18.4. The molecule has 0 unspecified atom stereocenters. The molecule has 4 aromatic carbocycles. The molecular weight excluding hydrogens is 949 g/mol. The van der Waals surface area contributed by atoms with Gasteiger partial charge in [0, 0.05) is 47.2 Å². The third kappa shape index (κ3) is 12.3. The first-order valence-electron chi connectivity index (χ1n) is 19.9. The van der Waals surface area contributed by atoms with Crippen LogP contribution in [-0.4, -0.2) is 123 Å². The number of hydrogen-bond acceptors (Lipinski definition) is 10. The SMILES string of the molecule is CCOc1cc2c(cc1OC)C(c1ccc(C(=O)O)cc1)=N[C@@H]1CCN(C)C[C@H]21.CCOc1cc2c(cc1OC)C(c1ccc(C(=O)O)cc1)=N[C@@H]1CCN(C)C[C@H]21.Cl.Cl.Cl.Cl.Cl.Cl. The van der Waals surface area contributed by atoms with Gasteiger partial charge in [-0.05, 0) is 114 Å². The molecule has 0 aliphatic carbocycles. The van der Waals surface area contributed by atoms with E-state index in [1.807, 2.05) is 50.2 Å². The lowest BCUT2D eigenvalue weighted by Crippen LogP contribution is -2.41. The van der Waals surface area contributed by atoms with E-state index in [0.717, 1.165) is 84.2 Å². The van der Waals surface area contributed by atoms with Crippen molar-refractivity contribution in [1.82, 2.24) is 9.80 Å². The van der Waals surface area contributed by atoms with Gasteiger partial charge in [0.2, 0.25) is 0 Å². The topological polar surface area (TPSA) is 143 Å². The van der Waals surface area contributed by atoms with Crippen LogP contribution in [0.1, 0.15) is 92.6 Å². The zero-order valence-electron chi connectivity index (χ0n) is 36.5.